The zero-order valence-corrected chi connectivity index (χ0v) is 14.1. The van der Waals surface area contributed by atoms with E-state index >= 15 is 0 Å². The predicted molar refractivity (Wildman–Crippen MR) is 97.9 cm³/mol. The lowest BCUT2D eigenvalue weighted by atomic mass is 9.90. The second-order valence-corrected chi connectivity index (χ2v) is 5.86. The van der Waals surface area contributed by atoms with Crippen LogP contribution in [-0.4, -0.2) is 22.5 Å². The van der Waals surface area contributed by atoms with E-state index in [1.54, 1.807) is 60.7 Å². The molecule has 0 aromatic heterocycles. The maximum atomic E-state index is 12.9. The molecule has 4 heteroatoms. The summed E-state index contributed by atoms with van der Waals surface area (Å²) in [7, 11) is 0. The lowest BCUT2D eigenvalue weighted by Gasteiger charge is -2.12. The third-order valence-electron chi connectivity index (χ3n) is 4.08. The van der Waals surface area contributed by atoms with Crippen molar-refractivity contribution >= 4 is 17.3 Å². The molecular formula is C22H16O4. The van der Waals surface area contributed by atoms with Crippen molar-refractivity contribution in [2.75, 3.05) is 0 Å². The minimum atomic E-state index is -0.393. The van der Waals surface area contributed by atoms with Gasteiger partial charge in [-0.25, -0.2) is 0 Å². The Bertz CT molecular complexity index is 989. The highest BCUT2D eigenvalue weighted by Crippen LogP contribution is 2.27. The number of phenolic OH excluding ortho intramolecular Hbond substituents is 1. The molecule has 0 saturated carbocycles. The number of phenols is 1. The normalized spacial score (nSPS) is 10.3. The number of hydrogen-bond donors (Lipinski definition) is 1. The van der Waals surface area contributed by atoms with E-state index in [9.17, 15) is 19.5 Å². The largest absolute Gasteiger partial charge is 0.507 e. The molecule has 0 unspecified atom stereocenters. The Kier molecular flexibility index (Phi) is 4.76. The molecule has 0 aliphatic carbocycles. The summed E-state index contributed by atoms with van der Waals surface area (Å²) in [4.78, 5) is 37.6. The Morgan fingerprint density at radius 1 is 0.654 bits per heavy atom. The van der Waals surface area contributed by atoms with E-state index in [4.69, 9.17) is 0 Å². The van der Waals surface area contributed by atoms with E-state index < -0.39 is 5.78 Å². The predicted octanol–water partition coefficient (Wildman–Crippen LogP) is 4.06. The van der Waals surface area contributed by atoms with Gasteiger partial charge >= 0.3 is 0 Å². The molecule has 4 nitrogen and oxygen atoms in total. The van der Waals surface area contributed by atoms with Gasteiger partial charge in [0.1, 0.15) is 5.75 Å². The molecule has 0 aliphatic rings. The Hall–Kier alpha value is -3.53. The van der Waals surface area contributed by atoms with E-state index in [2.05, 4.69) is 0 Å². The molecule has 0 aliphatic heterocycles. The summed E-state index contributed by atoms with van der Waals surface area (Å²) in [5, 5.41) is 10.1. The van der Waals surface area contributed by atoms with Crippen LogP contribution in [0.3, 0.4) is 0 Å². The molecule has 0 fully saturated rings. The lowest BCUT2D eigenvalue weighted by Crippen LogP contribution is -2.13. The van der Waals surface area contributed by atoms with Crippen molar-refractivity contribution in [3.63, 3.8) is 0 Å². The first-order chi connectivity index (χ1) is 12.5. The van der Waals surface area contributed by atoms with Crippen LogP contribution in [0, 0.1) is 0 Å². The standard InChI is InChI=1S/C22H16O4/c1-14(23)17-12-18(21(25)15-8-4-2-5-9-15)19(13-20(17)24)22(26)16-10-6-3-7-11-16/h2-13,24H,1H3. The number of hydrogen-bond acceptors (Lipinski definition) is 4. The molecule has 128 valence electrons. The minimum Gasteiger partial charge on any atom is -0.507 e. The van der Waals surface area contributed by atoms with E-state index in [-0.39, 0.29) is 34.0 Å². The average Bonchev–Trinajstić information content (AvgIpc) is 2.67. The van der Waals surface area contributed by atoms with Crippen molar-refractivity contribution < 1.29 is 19.5 Å². The highest BCUT2D eigenvalue weighted by molar-refractivity contribution is 6.20. The molecular weight excluding hydrogens is 328 g/mol. The summed E-state index contributed by atoms with van der Waals surface area (Å²) >= 11 is 0. The molecule has 0 amide bonds. The lowest BCUT2D eigenvalue weighted by molar-refractivity contribution is 0.0997. The summed E-state index contributed by atoms with van der Waals surface area (Å²) < 4.78 is 0. The van der Waals surface area contributed by atoms with Gasteiger partial charge in [-0.05, 0) is 19.1 Å². The average molecular weight is 344 g/mol. The second kappa shape index (κ2) is 7.15. The molecule has 0 heterocycles. The van der Waals surface area contributed by atoms with E-state index in [0.717, 1.165) is 0 Å². The van der Waals surface area contributed by atoms with Crippen molar-refractivity contribution in [3.05, 3.63) is 101 Å². The first-order valence-corrected chi connectivity index (χ1v) is 8.06. The molecule has 3 rings (SSSR count). The Labute approximate surface area is 150 Å². The van der Waals surface area contributed by atoms with Gasteiger partial charge in [0, 0.05) is 22.3 Å². The third-order valence-corrected chi connectivity index (χ3v) is 4.08. The van der Waals surface area contributed by atoms with Gasteiger partial charge in [0.05, 0.1) is 5.56 Å². The van der Waals surface area contributed by atoms with Crippen LogP contribution in [0.5, 0.6) is 5.75 Å². The number of carbonyl (C=O) groups is 3. The zero-order chi connectivity index (χ0) is 18.7. The van der Waals surface area contributed by atoms with Crippen molar-refractivity contribution in [1.29, 1.82) is 0 Å². The van der Waals surface area contributed by atoms with Crippen molar-refractivity contribution in [1.82, 2.24) is 0 Å². The highest BCUT2D eigenvalue weighted by atomic mass is 16.3. The molecule has 0 saturated heterocycles. The Morgan fingerprint density at radius 2 is 1.08 bits per heavy atom. The van der Waals surface area contributed by atoms with E-state index in [0.29, 0.717) is 11.1 Å². The Morgan fingerprint density at radius 3 is 1.50 bits per heavy atom. The zero-order valence-electron chi connectivity index (χ0n) is 14.1. The molecule has 1 N–H and O–H groups in total. The number of ketones is 3. The monoisotopic (exact) mass is 344 g/mol. The fraction of sp³-hybridized carbons (Fsp3) is 0.0455. The topological polar surface area (TPSA) is 71.4 Å². The van der Waals surface area contributed by atoms with Crippen LogP contribution >= 0.6 is 0 Å². The fourth-order valence-electron chi connectivity index (χ4n) is 2.74. The summed E-state index contributed by atoms with van der Waals surface area (Å²) in [6.07, 6.45) is 0. The number of Topliss-reactive ketones (excluding diaryl/α,β-unsaturated/α-hetero) is 1. The van der Waals surface area contributed by atoms with Gasteiger partial charge < -0.3 is 5.11 Å². The van der Waals surface area contributed by atoms with Crippen LogP contribution in [0.15, 0.2) is 72.8 Å². The van der Waals surface area contributed by atoms with Gasteiger partial charge in [0.15, 0.2) is 17.3 Å². The van der Waals surface area contributed by atoms with Crippen LogP contribution in [0.25, 0.3) is 0 Å². The van der Waals surface area contributed by atoms with E-state index in [1.165, 1.54) is 19.1 Å². The quantitative estimate of drug-likeness (QED) is 0.709. The first kappa shape index (κ1) is 17.3. The van der Waals surface area contributed by atoms with Gasteiger partial charge in [-0.1, -0.05) is 60.7 Å². The Balaban J connectivity index is 2.20. The molecule has 3 aromatic carbocycles. The second-order valence-electron chi connectivity index (χ2n) is 5.86. The fourth-order valence-corrected chi connectivity index (χ4v) is 2.74. The summed E-state index contributed by atoms with van der Waals surface area (Å²) in [6.45, 7) is 1.30. The SMILES string of the molecule is CC(=O)c1cc(C(=O)c2ccccc2)c(C(=O)c2ccccc2)cc1O. The van der Waals surface area contributed by atoms with Gasteiger partial charge in [0.2, 0.25) is 0 Å². The van der Waals surface area contributed by atoms with Crippen LogP contribution in [0.1, 0.15) is 49.1 Å². The molecule has 0 radical (unpaired) electrons. The summed E-state index contributed by atoms with van der Waals surface area (Å²) in [5.74, 6) is -1.48. The van der Waals surface area contributed by atoms with Gasteiger partial charge in [-0.3, -0.25) is 14.4 Å². The molecule has 3 aromatic rings. The summed E-state index contributed by atoms with van der Waals surface area (Å²) in [6, 6.07) is 19.5. The number of benzene rings is 3. The molecule has 0 spiro atoms. The molecule has 26 heavy (non-hydrogen) atoms. The van der Waals surface area contributed by atoms with Crippen LogP contribution < -0.4 is 0 Å². The minimum absolute atomic E-state index is 0.00823. The van der Waals surface area contributed by atoms with Crippen molar-refractivity contribution in [3.8, 4) is 5.75 Å². The van der Waals surface area contributed by atoms with Gasteiger partial charge in [-0.15, -0.1) is 0 Å². The first-order valence-electron chi connectivity index (χ1n) is 8.06. The van der Waals surface area contributed by atoms with Gasteiger partial charge in [0.25, 0.3) is 0 Å². The number of rotatable bonds is 5. The number of aromatic hydroxyl groups is 1. The molecule has 0 bridgehead atoms. The number of carbonyl (C=O) groups excluding carboxylic acids is 3. The third kappa shape index (κ3) is 3.30. The van der Waals surface area contributed by atoms with Crippen LogP contribution in [0.4, 0.5) is 0 Å². The maximum Gasteiger partial charge on any atom is 0.193 e. The highest BCUT2D eigenvalue weighted by Gasteiger charge is 2.23. The van der Waals surface area contributed by atoms with Crippen molar-refractivity contribution in [2.24, 2.45) is 0 Å². The summed E-state index contributed by atoms with van der Waals surface area (Å²) in [5.41, 5.74) is 0.953. The maximum absolute atomic E-state index is 12.9. The van der Waals surface area contributed by atoms with E-state index in [1.807, 2.05) is 0 Å². The van der Waals surface area contributed by atoms with Crippen LogP contribution in [-0.2, 0) is 0 Å². The molecule has 0 atom stereocenters. The van der Waals surface area contributed by atoms with Gasteiger partial charge in [-0.2, -0.15) is 0 Å². The van der Waals surface area contributed by atoms with Crippen LogP contribution in [0.2, 0.25) is 0 Å². The smallest absolute Gasteiger partial charge is 0.193 e. The van der Waals surface area contributed by atoms with Crippen molar-refractivity contribution in [2.45, 2.75) is 6.92 Å².